The zero-order valence-corrected chi connectivity index (χ0v) is 7.35. The predicted octanol–water partition coefficient (Wildman–Crippen LogP) is 1.94. The Morgan fingerprint density at radius 3 is 1.91 bits per heavy atom. The molecule has 0 atom stereocenters. The Kier molecular flexibility index (Phi) is 1.52. The first-order valence-electron chi connectivity index (χ1n) is 4.40. The van der Waals surface area contributed by atoms with Gasteiger partial charge in [0.05, 0.1) is 13.2 Å². The second-order valence-electron chi connectivity index (χ2n) is 4.51. The minimum atomic E-state index is -0.143. The van der Waals surface area contributed by atoms with Gasteiger partial charge in [0.1, 0.15) is 0 Å². The minimum Gasteiger partial charge on any atom is -0.349 e. The molecule has 0 amide bonds. The Balaban J connectivity index is 1.94. The van der Waals surface area contributed by atoms with E-state index in [9.17, 15) is 0 Å². The second-order valence-corrected chi connectivity index (χ2v) is 4.51. The predicted molar refractivity (Wildman–Crippen MR) is 42.3 cm³/mol. The Morgan fingerprint density at radius 2 is 1.55 bits per heavy atom. The maximum Gasteiger partial charge on any atom is 0.168 e. The summed E-state index contributed by atoms with van der Waals surface area (Å²) in [6, 6.07) is 0. The third-order valence-corrected chi connectivity index (χ3v) is 2.57. The fourth-order valence-corrected chi connectivity index (χ4v) is 1.49. The molecule has 2 fully saturated rings. The molecular weight excluding hydrogens is 140 g/mol. The smallest absolute Gasteiger partial charge is 0.168 e. The molecular formula is C9H16O2. The highest BCUT2D eigenvalue weighted by Gasteiger charge is 2.44. The van der Waals surface area contributed by atoms with Gasteiger partial charge in [-0.2, -0.15) is 0 Å². The summed E-state index contributed by atoms with van der Waals surface area (Å²) in [5.41, 5.74) is 0.223. The van der Waals surface area contributed by atoms with Gasteiger partial charge in [-0.1, -0.05) is 13.8 Å². The highest BCUT2D eigenvalue weighted by Crippen LogP contribution is 2.42. The summed E-state index contributed by atoms with van der Waals surface area (Å²) >= 11 is 0. The SMILES string of the molecule is CC1(C)COC2(CCC2)OC1. The van der Waals surface area contributed by atoms with E-state index in [0.29, 0.717) is 0 Å². The molecule has 0 aromatic carbocycles. The minimum absolute atomic E-state index is 0.143. The summed E-state index contributed by atoms with van der Waals surface area (Å²) in [5.74, 6) is -0.143. The van der Waals surface area contributed by atoms with Crippen LogP contribution >= 0.6 is 0 Å². The van der Waals surface area contributed by atoms with E-state index >= 15 is 0 Å². The first-order valence-corrected chi connectivity index (χ1v) is 4.40. The molecule has 1 heterocycles. The van der Waals surface area contributed by atoms with Gasteiger partial charge in [0.2, 0.25) is 0 Å². The van der Waals surface area contributed by atoms with Crippen LogP contribution in [-0.2, 0) is 9.47 Å². The number of ether oxygens (including phenoxy) is 2. The topological polar surface area (TPSA) is 18.5 Å². The average Bonchev–Trinajstić information content (AvgIpc) is 1.84. The van der Waals surface area contributed by atoms with E-state index in [4.69, 9.17) is 9.47 Å². The maximum absolute atomic E-state index is 5.69. The van der Waals surface area contributed by atoms with Gasteiger partial charge in [0.15, 0.2) is 5.79 Å². The fourth-order valence-electron chi connectivity index (χ4n) is 1.49. The number of hydrogen-bond donors (Lipinski definition) is 0. The molecule has 0 unspecified atom stereocenters. The third-order valence-electron chi connectivity index (χ3n) is 2.57. The summed E-state index contributed by atoms with van der Waals surface area (Å²) in [6.45, 7) is 6.07. The molecule has 2 nitrogen and oxygen atoms in total. The van der Waals surface area contributed by atoms with Crippen molar-refractivity contribution < 1.29 is 9.47 Å². The van der Waals surface area contributed by atoms with Crippen molar-refractivity contribution in [2.24, 2.45) is 5.41 Å². The van der Waals surface area contributed by atoms with E-state index in [0.717, 1.165) is 26.1 Å². The van der Waals surface area contributed by atoms with Crippen LogP contribution in [0.2, 0.25) is 0 Å². The highest BCUT2D eigenvalue weighted by atomic mass is 16.7. The summed E-state index contributed by atoms with van der Waals surface area (Å²) in [6.07, 6.45) is 3.46. The molecule has 2 rings (SSSR count). The van der Waals surface area contributed by atoms with Crippen LogP contribution in [0.4, 0.5) is 0 Å². The van der Waals surface area contributed by atoms with Gasteiger partial charge >= 0.3 is 0 Å². The molecule has 0 aromatic rings. The van der Waals surface area contributed by atoms with Crippen molar-refractivity contribution in [1.82, 2.24) is 0 Å². The van der Waals surface area contributed by atoms with E-state index < -0.39 is 0 Å². The van der Waals surface area contributed by atoms with E-state index in [1.54, 1.807) is 0 Å². The quantitative estimate of drug-likeness (QED) is 0.533. The molecule has 2 aliphatic rings. The summed E-state index contributed by atoms with van der Waals surface area (Å²) < 4.78 is 11.4. The monoisotopic (exact) mass is 156 g/mol. The summed E-state index contributed by atoms with van der Waals surface area (Å²) in [5, 5.41) is 0. The largest absolute Gasteiger partial charge is 0.349 e. The van der Waals surface area contributed by atoms with E-state index in [1.165, 1.54) is 6.42 Å². The van der Waals surface area contributed by atoms with Gasteiger partial charge in [-0.05, 0) is 6.42 Å². The Morgan fingerprint density at radius 1 is 1.00 bits per heavy atom. The molecule has 1 aliphatic heterocycles. The first-order chi connectivity index (χ1) is 5.12. The van der Waals surface area contributed by atoms with Crippen LogP contribution in [0, 0.1) is 5.41 Å². The van der Waals surface area contributed by atoms with Crippen molar-refractivity contribution in [2.75, 3.05) is 13.2 Å². The van der Waals surface area contributed by atoms with Crippen LogP contribution < -0.4 is 0 Å². The van der Waals surface area contributed by atoms with Crippen molar-refractivity contribution in [3.05, 3.63) is 0 Å². The Bertz CT molecular complexity index is 147. The van der Waals surface area contributed by atoms with E-state index in [1.807, 2.05) is 0 Å². The standard InChI is InChI=1S/C9H16O2/c1-8(2)6-10-9(11-7-8)4-3-5-9/h3-7H2,1-2H3. The molecule has 2 heteroatoms. The van der Waals surface area contributed by atoms with Gasteiger partial charge in [0.25, 0.3) is 0 Å². The average molecular weight is 156 g/mol. The molecule has 1 spiro atoms. The Labute approximate surface area is 67.9 Å². The molecule has 1 saturated heterocycles. The molecule has 1 saturated carbocycles. The van der Waals surface area contributed by atoms with Crippen LogP contribution in [0.1, 0.15) is 33.1 Å². The molecule has 0 bridgehead atoms. The van der Waals surface area contributed by atoms with Crippen molar-refractivity contribution >= 4 is 0 Å². The lowest BCUT2D eigenvalue weighted by molar-refractivity contribution is -0.330. The first kappa shape index (κ1) is 7.56. The van der Waals surface area contributed by atoms with E-state index in [-0.39, 0.29) is 11.2 Å². The van der Waals surface area contributed by atoms with Gasteiger partial charge in [0, 0.05) is 18.3 Å². The van der Waals surface area contributed by atoms with Crippen molar-refractivity contribution in [3.8, 4) is 0 Å². The van der Waals surface area contributed by atoms with Crippen molar-refractivity contribution in [3.63, 3.8) is 0 Å². The van der Waals surface area contributed by atoms with Crippen LogP contribution in [0.15, 0.2) is 0 Å². The number of hydrogen-bond acceptors (Lipinski definition) is 2. The fraction of sp³-hybridized carbons (Fsp3) is 1.00. The molecule has 0 aromatic heterocycles. The zero-order chi connectivity index (χ0) is 7.95. The number of rotatable bonds is 0. The lowest BCUT2D eigenvalue weighted by Crippen LogP contribution is -2.51. The van der Waals surface area contributed by atoms with Gasteiger partial charge in [-0.15, -0.1) is 0 Å². The molecule has 0 N–H and O–H groups in total. The Hall–Kier alpha value is -0.0800. The lowest BCUT2D eigenvalue weighted by Gasteiger charge is -2.48. The normalized spacial score (nSPS) is 33.3. The molecule has 64 valence electrons. The second kappa shape index (κ2) is 2.20. The van der Waals surface area contributed by atoms with Gasteiger partial charge in [-0.25, -0.2) is 0 Å². The molecule has 1 aliphatic carbocycles. The van der Waals surface area contributed by atoms with Crippen LogP contribution in [-0.4, -0.2) is 19.0 Å². The van der Waals surface area contributed by atoms with Crippen LogP contribution in [0.25, 0.3) is 0 Å². The molecule has 0 radical (unpaired) electrons. The summed E-state index contributed by atoms with van der Waals surface area (Å²) in [7, 11) is 0. The van der Waals surface area contributed by atoms with Gasteiger partial charge < -0.3 is 9.47 Å². The van der Waals surface area contributed by atoms with E-state index in [2.05, 4.69) is 13.8 Å². The highest BCUT2D eigenvalue weighted by molar-refractivity contribution is 4.86. The molecule has 11 heavy (non-hydrogen) atoms. The van der Waals surface area contributed by atoms with Crippen LogP contribution in [0.3, 0.4) is 0 Å². The van der Waals surface area contributed by atoms with Crippen LogP contribution in [0.5, 0.6) is 0 Å². The summed E-state index contributed by atoms with van der Waals surface area (Å²) in [4.78, 5) is 0. The zero-order valence-electron chi connectivity index (χ0n) is 7.35. The maximum atomic E-state index is 5.69. The van der Waals surface area contributed by atoms with Crippen molar-refractivity contribution in [1.29, 1.82) is 0 Å². The lowest BCUT2D eigenvalue weighted by atomic mass is 9.87. The van der Waals surface area contributed by atoms with Gasteiger partial charge in [-0.3, -0.25) is 0 Å². The third kappa shape index (κ3) is 1.30. The van der Waals surface area contributed by atoms with Crippen molar-refractivity contribution in [2.45, 2.75) is 38.9 Å².